The summed E-state index contributed by atoms with van der Waals surface area (Å²) in [5.41, 5.74) is 6.03. The summed E-state index contributed by atoms with van der Waals surface area (Å²) in [6.07, 6.45) is 1.03. The fraction of sp³-hybridized carbons (Fsp3) is 0.462. The highest BCUT2D eigenvalue weighted by Gasteiger charge is 2.11. The van der Waals surface area contributed by atoms with Crippen molar-refractivity contribution in [2.45, 2.75) is 25.8 Å². The normalized spacial score (nSPS) is 11.7. The lowest BCUT2D eigenvalue weighted by molar-refractivity contribution is -0.384. The number of nitrogens with zero attached hydrogens (tertiary/aromatic N) is 1. The third kappa shape index (κ3) is 5.66. The Morgan fingerprint density at radius 2 is 2.10 bits per heavy atom. The van der Waals surface area contributed by atoms with Gasteiger partial charge in [0.15, 0.2) is 0 Å². The zero-order chi connectivity index (χ0) is 15.0. The summed E-state index contributed by atoms with van der Waals surface area (Å²) in [7, 11) is 0. The fourth-order valence-corrected chi connectivity index (χ4v) is 1.63. The van der Waals surface area contributed by atoms with Crippen LogP contribution < -0.4 is 16.4 Å². The maximum absolute atomic E-state index is 11.4. The molecule has 110 valence electrons. The van der Waals surface area contributed by atoms with Gasteiger partial charge in [-0.3, -0.25) is 14.9 Å². The van der Waals surface area contributed by atoms with Crippen LogP contribution in [-0.2, 0) is 4.79 Å². The number of para-hydroxylation sites is 2. The highest BCUT2D eigenvalue weighted by atomic mass is 16.6. The molecule has 0 fully saturated rings. The van der Waals surface area contributed by atoms with E-state index in [1.165, 1.54) is 6.07 Å². The van der Waals surface area contributed by atoms with Crippen LogP contribution in [0.5, 0.6) is 0 Å². The lowest BCUT2D eigenvalue weighted by Gasteiger charge is -2.09. The van der Waals surface area contributed by atoms with Gasteiger partial charge in [-0.05, 0) is 19.4 Å². The molecule has 7 heteroatoms. The first-order valence-corrected chi connectivity index (χ1v) is 6.50. The minimum atomic E-state index is -0.441. The Balaban J connectivity index is 2.31. The number of nitrogens with two attached hydrogens (primary N) is 1. The van der Waals surface area contributed by atoms with Crippen LogP contribution in [0, 0.1) is 10.1 Å². The Hall–Kier alpha value is -2.15. The highest BCUT2D eigenvalue weighted by molar-refractivity contribution is 5.75. The zero-order valence-corrected chi connectivity index (χ0v) is 11.5. The Kier molecular flexibility index (Phi) is 6.45. The third-order valence-electron chi connectivity index (χ3n) is 2.69. The summed E-state index contributed by atoms with van der Waals surface area (Å²) >= 11 is 0. The largest absolute Gasteiger partial charge is 0.378 e. The molecule has 0 heterocycles. The molecule has 0 saturated heterocycles. The van der Waals surface area contributed by atoms with Crippen LogP contribution in [0.1, 0.15) is 19.8 Å². The molecule has 0 spiro atoms. The number of nitro groups is 1. The Bertz CT molecular complexity index is 463. The average Bonchev–Trinajstić information content (AvgIpc) is 2.41. The van der Waals surface area contributed by atoms with E-state index in [0.29, 0.717) is 31.6 Å². The molecular weight excluding hydrogens is 260 g/mol. The number of anilines is 1. The number of carbonyl (C=O) groups excluding carboxylic acids is 1. The van der Waals surface area contributed by atoms with Crippen molar-refractivity contribution in [3.8, 4) is 0 Å². The minimum absolute atomic E-state index is 0.00541. The molecule has 0 aliphatic rings. The summed E-state index contributed by atoms with van der Waals surface area (Å²) in [5, 5.41) is 16.5. The number of rotatable bonds is 8. The van der Waals surface area contributed by atoms with Crippen LogP contribution in [0.3, 0.4) is 0 Å². The number of carbonyl (C=O) groups is 1. The Morgan fingerprint density at radius 3 is 2.75 bits per heavy atom. The fourth-order valence-electron chi connectivity index (χ4n) is 1.63. The maximum Gasteiger partial charge on any atom is 0.292 e. The molecule has 0 aliphatic carbocycles. The van der Waals surface area contributed by atoms with E-state index in [4.69, 9.17) is 5.73 Å². The van der Waals surface area contributed by atoms with Gasteiger partial charge in [0.05, 0.1) is 4.92 Å². The minimum Gasteiger partial charge on any atom is -0.378 e. The summed E-state index contributed by atoms with van der Waals surface area (Å²) < 4.78 is 0. The van der Waals surface area contributed by atoms with Gasteiger partial charge >= 0.3 is 0 Å². The van der Waals surface area contributed by atoms with Crippen LogP contribution in [0.25, 0.3) is 0 Å². The first-order chi connectivity index (χ1) is 9.50. The summed E-state index contributed by atoms with van der Waals surface area (Å²) in [5.74, 6) is -0.0633. The van der Waals surface area contributed by atoms with Gasteiger partial charge in [0.2, 0.25) is 5.91 Å². The van der Waals surface area contributed by atoms with Crippen LogP contribution >= 0.6 is 0 Å². The summed E-state index contributed by atoms with van der Waals surface area (Å²) in [6.45, 7) is 2.68. The standard InChI is InChI=1S/C13H20N4O3/c1-10(14)6-7-13(18)16-9-8-15-11-4-2-3-5-12(11)17(19)20/h2-5,10,15H,6-9,14H2,1H3,(H,16,18). The molecule has 0 radical (unpaired) electrons. The van der Waals surface area contributed by atoms with Crippen molar-refractivity contribution in [1.29, 1.82) is 0 Å². The monoisotopic (exact) mass is 280 g/mol. The van der Waals surface area contributed by atoms with E-state index in [0.717, 1.165) is 0 Å². The van der Waals surface area contributed by atoms with Gasteiger partial charge in [0.1, 0.15) is 5.69 Å². The van der Waals surface area contributed by atoms with Crippen molar-refractivity contribution < 1.29 is 9.72 Å². The van der Waals surface area contributed by atoms with Crippen molar-refractivity contribution in [2.24, 2.45) is 5.73 Å². The maximum atomic E-state index is 11.4. The van der Waals surface area contributed by atoms with Crippen LogP contribution in [0.4, 0.5) is 11.4 Å². The summed E-state index contributed by atoms with van der Waals surface area (Å²) in [6, 6.07) is 6.40. The number of amides is 1. The zero-order valence-electron chi connectivity index (χ0n) is 11.5. The summed E-state index contributed by atoms with van der Waals surface area (Å²) in [4.78, 5) is 21.8. The Labute approximate surface area is 117 Å². The number of hydrogen-bond acceptors (Lipinski definition) is 5. The van der Waals surface area contributed by atoms with Gasteiger partial charge in [-0.15, -0.1) is 0 Å². The topological polar surface area (TPSA) is 110 Å². The number of nitrogens with one attached hydrogen (secondary N) is 2. The second kappa shape index (κ2) is 8.11. The van der Waals surface area contributed by atoms with Crippen molar-refractivity contribution in [1.82, 2.24) is 5.32 Å². The second-order valence-corrected chi connectivity index (χ2v) is 4.57. The van der Waals surface area contributed by atoms with Gasteiger partial charge in [0, 0.05) is 31.6 Å². The molecule has 1 unspecified atom stereocenters. The molecule has 0 bridgehead atoms. The smallest absolute Gasteiger partial charge is 0.292 e. The molecule has 1 amide bonds. The van der Waals surface area contributed by atoms with E-state index in [2.05, 4.69) is 10.6 Å². The molecular formula is C13H20N4O3. The van der Waals surface area contributed by atoms with Gasteiger partial charge in [-0.1, -0.05) is 12.1 Å². The molecule has 0 aromatic heterocycles. The molecule has 1 atom stereocenters. The van der Waals surface area contributed by atoms with Gasteiger partial charge in [-0.25, -0.2) is 0 Å². The molecule has 7 nitrogen and oxygen atoms in total. The van der Waals surface area contributed by atoms with Gasteiger partial charge < -0.3 is 16.4 Å². The molecule has 0 aliphatic heterocycles. The Morgan fingerprint density at radius 1 is 1.40 bits per heavy atom. The lowest BCUT2D eigenvalue weighted by atomic mass is 10.2. The average molecular weight is 280 g/mol. The van der Waals surface area contributed by atoms with E-state index in [-0.39, 0.29) is 17.6 Å². The van der Waals surface area contributed by atoms with Crippen molar-refractivity contribution in [2.75, 3.05) is 18.4 Å². The lowest BCUT2D eigenvalue weighted by Crippen LogP contribution is -2.30. The SMILES string of the molecule is CC(N)CCC(=O)NCCNc1ccccc1[N+](=O)[O-]. The number of nitro benzene ring substituents is 1. The van der Waals surface area contributed by atoms with Crippen LogP contribution in [-0.4, -0.2) is 30.0 Å². The predicted octanol–water partition coefficient (Wildman–Crippen LogP) is 1.25. The van der Waals surface area contributed by atoms with E-state index in [1.807, 2.05) is 6.92 Å². The van der Waals surface area contributed by atoms with E-state index in [1.54, 1.807) is 18.2 Å². The highest BCUT2D eigenvalue weighted by Crippen LogP contribution is 2.22. The molecule has 1 rings (SSSR count). The van der Waals surface area contributed by atoms with E-state index < -0.39 is 4.92 Å². The van der Waals surface area contributed by atoms with Gasteiger partial charge in [-0.2, -0.15) is 0 Å². The van der Waals surface area contributed by atoms with E-state index >= 15 is 0 Å². The van der Waals surface area contributed by atoms with Gasteiger partial charge in [0.25, 0.3) is 5.69 Å². The molecule has 0 saturated carbocycles. The first kappa shape index (κ1) is 15.9. The predicted molar refractivity (Wildman–Crippen MR) is 77.5 cm³/mol. The van der Waals surface area contributed by atoms with Crippen LogP contribution in [0.15, 0.2) is 24.3 Å². The number of hydrogen-bond donors (Lipinski definition) is 3. The molecule has 1 aromatic rings. The van der Waals surface area contributed by atoms with Crippen molar-refractivity contribution in [3.63, 3.8) is 0 Å². The molecule has 1 aromatic carbocycles. The number of benzene rings is 1. The third-order valence-corrected chi connectivity index (χ3v) is 2.69. The van der Waals surface area contributed by atoms with Crippen molar-refractivity contribution >= 4 is 17.3 Å². The quantitative estimate of drug-likeness (QED) is 0.377. The molecule has 20 heavy (non-hydrogen) atoms. The second-order valence-electron chi connectivity index (χ2n) is 4.57. The van der Waals surface area contributed by atoms with Crippen LogP contribution in [0.2, 0.25) is 0 Å². The molecule has 4 N–H and O–H groups in total. The first-order valence-electron chi connectivity index (χ1n) is 6.50. The van der Waals surface area contributed by atoms with E-state index in [9.17, 15) is 14.9 Å². The van der Waals surface area contributed by atoms with Crippen molar-refractivity contribution in [3.05, 3.63) is 34.4 Å².